The molecule has 148 valence electrons. The van der Waals surface area contributed by atoms with Gasteiger partial charge in [-0.25, -0.2) is 8.42 Å². The normalized spacial score (nSPS) is 24.9. The molecule has 0 N–H and O–H groups in total. The van der Waals surface area contributed by atoms with E-state index in [1.165, 1.54) is 29.6 Å². The number of nitrogens with zero attached hydrogens (tertiary/aromatic N) is 2. The maximum atomic E-state index is 13.4. The average Bonchev–Trinajstić information content (AvgIpc) is 2.61. The number of anilines is 1. The van der Waals surface area contributed by atoms with Gasteiger partial charge in [0.15, 0.2) is 0 Å². The van der Waals surface area contributed by atoms with Crippen molar-refractivity contribution in [2.24, 2.45) is 0 Å². The van der Waals surface area contributed by atoms with Crippen molar-refractivity contribution in [1.29, 1.82) is 0 Å². The van der Waals surface area contributed by atoms with Gasteiger partial charge in [-0.3, -0.25) is 14.5 Å². The Kier molecular flexibility index (Phi) is 5.55. The van der Waals surface area contributed by atoms with Crippen molar-refractivity contribution in [3.63, 3.8) is 0 Å². The van der Waals surface area contributed by atoms with Crippen molar-refractivity contribution >= 4 is 27.5 Å². The van der Waals surface area contributed by atoms with Gasteiger partial charge in [-0.15, -0.1) is 0 Å². The fourth-order valence-corrected chi connectivity index (χ4v) is 5.60. The van der Waals surface area contributed by atoms with Crippen molar-refractivity contribution < 1.29 is 27.5 Å². The number of sulfonamides is 1. The molecule has 27 heavy (non-hydrogen) atoms. The van der Waals surface area contributed by atoms with Gasteiger partial charge in [-0.1, -0.05) is 0 Å². The van der Waals surface area contributed by atoms with E-state index < -0.39 is 10.0 Å². The van der Waals surface area contributed by atoms with Gasteiger partial charge in [0.2, 0.25) is 21.8 Å². The number of rotatable bonds is 4. The molecule has 2 heterocycles. The van der Waals surface area contributed by atoms with Crippen LogP contribution < -0.4 is 9.64 Å². The molecule has 2 saturated heterocycles. The lowest BCUT2D eigenvalue weighted by atomic mass is 10.1. The highest BCUT2D eigenvalue weighted by Gasteiger charge is 2.39. The molecule has 0 spiro atoms. The van der Waals surface area contributed by atoms with Crippen molar-refractivity contribution in [1.82, 2.24) is 4.31 Å². The summed E-state index contributed by atoms with van der Waals surface area (Å²) < 4.78 is 38.9. The van der Waals surface area contributed by atoms with Gasteiger partial charge >= 0.3 is 0 Å². The number of hydrogen-bond donors (Lipinski definition) is 0. The number of carbonyl (C=O) groups is 2. The zero-order valence-electron chi connectivity index (χ0n) is 15.7. The van der Waals surface area contributed by atoms with Gasteiger partial charge in [0.1, 0.15) is 10.6 Å². The monoisotopic (exact) mass is 396 g/mol. The van der Waals surface area contributed by atoms with Crippen LogP contribution in [0.25, 0.3) is 0 Å². The lowest BCUT2D eigenvalue weighted by molar-refractivity contribution is -0.129. The van der Waals surface area contributed by atoms with E-state index in [0.717, 1.165) is 4.90 Å². The first kappa shape index (κ1) is 19.8. The Labute approximate surface area is 159 Å². The van der Waals surface area contributed by atoms with Crippen LogP contribution in [0.4, 0.5) is 5.69 Å². The largest absolute Gasteiger partial charge is 0.495 e. The molecule has 3 rings (SSSR count). The average molecular weight is 396 g/mol. The Morgan fingerprint density at radius 2 is 1.67 bits per heavy atom. The third-order valence-electron chi connectivity index (χ3n) is 4.83. The van der Waals surface area contributed by atoms with Crippen LogP contribution in [0.1, 0.15) is 33.1 Å². The first-order chi connectivity index (χ1) is 12.8. The SMILES string of the molecule is COc1ccc(N2C(=O)CCCC2=O)cc1S(=O)(=O)N1C(C)COCC1C. The van der Waals surface area contributed by atoms with Crippen LogP contribution in [0.5, 0.6) is 5.75 Å². The zero-order chi connectivity index (χ0) is 19.8. The Morgan fingerprint density at radius 3 is 2.22 bits per heavy atom. The van der Waals surface area contributed by atoms with Crippen LogP contribution in [0.3, 0.4) is 0 Å². The third-order valence-corrected chi connectivity index (χ3v) is 6.98. The zero-order valence-corrected chi connectivity index (χ0v) is 16.5. The molecule has 2 unspecified atom stereocenters. The number of amides is 2. The number of ether oxygens (including phenoxy) is 2. The van der Waals surface area contributed by atoms with E-state index in [1.54, 1.807) is 13.8 Å². The summed E-state index contributed by atoms with van der Waals surface area (Å²) in [5.41, 5.74) is 0.248. The maximum absolute atomic E-state index is 13.4. The molecule has 2 aliphatic rings. The Morgan fingerprint density at radius 1 is 1.07 bits per heavy atom. The number of piperidine rings is 1. The first-order valence-electron chi connectivity index (χ1n) is 8.92. The molecule has 2 atom stereocenters. The predicted molar refractivity (Wildman–Crippen MR) is 98.1 cm³/mol. The van der Waals surface area contributed by atoms with Crippen molar-refractivity contribution in [3.8, 4) is 5.75 Å². The van der Waals surface area contributed by atoms with Crippen LogP contribution in [0.15, 0.2) is 23.1 Å². The summed E-state index contributed by atoms with van der Waals surface area (Å²) in [6.07, 6.45) is 1.03. The van der Waals surface area contributed by atoms with Gasteiger partial charge in [-0.05, 0) is 38.5 Å². The fourth-order valence-electron chi connectivity index (χ4n) is 3.63. The third kappa shape index (κ3) is 3.59. The standard InChI is InChI=1S/C18H24N2O6S/c1-12-10-26-11-13(2)20(12)27(23,24)16-9-14(7-8-15(16)25-3)19-17(21)5-4-6-18(19)22/h7-9,12-13H,4-6,10-11H2,1-3H3. The van der Waals surface area contributed by atoms with E-state index in [9.17, 15) is 18.0 Å². The van der Waals surface area contributed by atoms with Gasteiger partial charge in [-0.2, -0.15) is 4.31 Å². The summed E-state index contributed by atoms with van der Waals surface area (Å²) in [6, 6.07) is 3.68. The summed E-state index contributed by atoms with van der Waals surface area (Å²) in [7, 11) is -2.53. The molecule has 0 bridgehead atoms. The van der Waals surface area contributed by atoms with Crippen molar-refractivity contribution in [3.05, 3.63) is 18.2 Å². The molecule has 2 aliphatic heterocycles. The highest BCUT2D eigenvalue weighted by Crippen LogP contribution is 2.34. The number of hydrogen-bond acceptors (Lipinski definition) is 6. The number of morpholine rings is 1. The summed E-state index contributed by atoms with van der Waals surface area (Å²) in [5, 5.41) is 0. The minimum absolute atomic E-state index is 0.0609. The van der Waals surface area contributed by atoms with Crippen LogP contribution in [0, 0.1) is 0 Å². The van der Waals surface area contributed by atoms with Crippen molar-refractivity contribution in [2.45, 2.75) is 50.1 Å². The maximum Gasteiger partial charge on any atom is 0.247 e. The molecule has 1 aromatic carbocycles. The molecule has 0 aliphatic carbocycles. The smallest absolute Gasteiger partial charge is 0.247 e. The van der Waals surface area contributed by atoms with E-state index in [0.29, 0.717) is 19.6 Å². The fraction of sp³-hybridized carbons (Fsp3) is 0.556. The molecule has 2 fully saturated rings. The van der Waals surface area contributed by atoms with Gasteiger partial charge < -0.3 is 9.47 Å². The summed E-state index contributed by atoms with van der Waals surface area (Å²) in [4.78, 5) is 25.5. The summed E-state index contributed by atoms with van der Waals surface area (Å²) >= 11 is 0. The van der Waals surface area contributed by atoms with Gasteiger partial charge in [0.05, 0.1) is 26.0 Å². The minimum atomic E-state index is -3.92. The highest BCUT2D eigenvalue weighted by atomic mass is 32.2. The highest BCUT2D eigenvalue weighted by molar-refractivity contribution is 7.89. The second kappa shape index (κ2) is 7.57. The molecule has 8 nitrogen and oxygen atoms in total. The predicted octanol–water partition coefficient (Wildman–Crippen LogP) is 1.54. The molecular formula is C18H24N2O6S. The van der Waals surface area contributed by atoms with E-state index in [1.807, 2.05) is 0 Å². The molecule has 0 aromatic heterocycles. The van der Waals surface area contributed by atoms with Crippen molar-refractivity contribution in [2.75, 3.05) is 25.2 Å². The number of benzene rings is 1. The second-order valence-corrected chi connectivity index (χ2v) is 8.69. The summed E-state index contributed by atoms with van der Waals surface area (Å²) in [5.74, 6) is -0.484. The Bertz CT molecular complexity index is 827. The van der Waals surface area contributed by atoms with E-state index in [2.05, 4.69) is 0 Å². The van der Waals surface area contributed by atoms with Gasteiger partial charge in [0, 0.05) is 24.9 Å². The molecule has 9 heteroatoms. The minimum Gasteiger partial charge on any atom is -0.495 e. The topological polar surface area (TPSA) is 93.2 Å². The molecule has 0 saturated carbocycles. The molecular weight excluding hydrogens is 372 g/mol. The number of carbonyl (C=O) groups excluding carboxylic acids is 2. The number of imide groups is 1. The molecule has 1 aromatic rings. The van der Waals surface area contributed by atoms with E-state index >= 15 is 0 Å². The van der Waals surface area contributed by atoms with E-state index in [-0.39, 0.29) is 53.1 Å². The summed E-state index contributed by atoms with van der Waals surface area (Å²) in [6.45, 7) is 4.16. The van der Waals surface area contributed by atoms with Crippen LogP contribution in [-0.2, 0) is 24.3 Å². The Hall–Kier alpha value is -1.97. The second-order valence-electron chi connectivity index (χ2n) is 6.88. The molecule has 0 radical (unpaired) electrons. The first-order valence-corrected chi connectivity index (χ1v) is 10.4. The van der Waals surface area contributed by atoms with Gasteiger partial charge in [0.25, 0.3) is 0 Å². The van der Waals surface area contributed by atoms with E-state index in [4.69, 9.17) is 9.47 Å². The van der Waals surface area contributed by atoms with Crippen LogP contribution >= 0.6 is 0 Å². The Balaban J connectivity index is 2.08. The molecule has 2 amide bonds. The lowest BCUT2D eigenvalue weighted by Gasteiger charge is -2.37. The number of methoxy groups -OCH3 is 1. The van der Waals surface area contributed by atoms with Crippen LogP contribution in [-0.4, -0.2) is 56.9 Å². The lowest BCUT2D eigenvalue weighted by Crippen LogP contribution is -2.52. The van der Waals surface area contributed by atoms with Crippen LogP contribution in [0.2, 0.25) is 0 Å². The quantitative estimate of drug-likeness (QED) is 0.717.